The number of benzene rings is 10. The second kappa shape index (κ2) is 15.0. The number of para-hydroxylation sites is 1. The van der Waals surface area contributed by atoms with Crippen molar-refractivity contribution >= 4 is 38.6 Å². The van der Waals surface area contributed by atoms with E-state index >= 15 is 0 Å². The molecule has 57 heavy (non-hydrogen) atoms. The molecule has 0 aromatic heterocycles. The van der Waals surface area contributed by atoms with Crippen LogP contribution in [0.5, 0.6) is 0 Å². The second-order valence-electron chi connectivity index (χ2n) is 13.8. The van der Waals surface area contributed by atoms with Crippen LogP contribution in [0.25, 0.3) is 77.2 Å². The molecule has 0 amide bonds. The van der Waals surface area contributed by atoms with E-state index in [1.807, 2.05) is 140 Å². The van der Waals surface area contributed by atoms with Gasteiger partial charge in [-0.15, -0.1) is 0 Å². The van der Waals surface area contributed by atoms with Crippen LogP contribution in [-0.2, 0) is 0 Å². The highest BCUT2D eigenvalue weighted by Gasteiger charge is 2.20. The van der Waals surface area contributed by atoms with Gasteiger partial charge in [-0.05, 0) is 108 Å². The smallest absolute Gasteiger partial charge is 0.0645 e. The molecular weight excluding hydrogens is 687 g/mol. The van der Waals surface area contributed by atoms with Crippen molar-refractivity contribution in [3.05, 3.63) is 236 Å². The van der Waals surface area contributed by atoms with Crippen molar-refractivity contribution < 1.29 is 11.0 Å². The van der Waals surface area contributed by atoms with Crippen LogP contribution in [0.4, 0.5) is 17.1 Å². The Morgan fingerprint density at radius 1 is 0.281 bits per heavy atom. The van der Waals surface area contributed by atoms with Gasteiger partial charge < -0.3 is 4.90 Å². The van der Waals surface area contributed by atoms with E-state index in [1.54, 1.807) is 24.3 Å². The molecule has 0 saturated heterocycles. The van der Waals surface area contributed by atoms with Crippen molar-refractivity contribution in [1.82, 2.24) is 0 Å². The van der Waals surface area contributed by atoms with Gasteiger partial charge in [0.05, 0.1) is 16.7 Å². The molecule has 0 aliphatic heterocycles. The highest BCUT2D eigenvalue weighted by molar-refractivity contribution is 5.99. The summed E-state index contributed by atoms with van der Waals surface area (Å²) in [6, 6.07) is 57.0. The Morgan fingerprint density at radius 2 is 0.772 bits per heavy atom. The molecule has 0 unspecified atom stereocenters. The predicted octanol–water partition coefficient (Wildman–Crippen LogP) is 15.8. The largest absolute Gasteiger partial charge is 0.310 e. The van der Waals surface area contributed by atoms with Crippen LogP contribution in [0.15, 0.2) is 236 Å². The Balaban J connectivity index is 1.26. The SMILES string of the molecule is [2H]c1c([2H])c(N(c2ccccc2-c2ccccc2-c2ccccc2-c2ccccc2)c2c([2H])c([2H])c(-c3cccc4ccccc34)c([2H])c2[2H])c([2H])c([2H])c1-c1ccc2ccccc2c1. The molecule has 1 nitrogen and oxygen atoms in total. The van der Waals surface area contributed by atoms with Crippen LogP contribution in [0.2, 0.25) is 0 Å². The van der Waals surface area contributed by atoms with Gasteiger partial charge in [0, 0.05) is 16.9 Å². The second-order valence-corrected chi connectivity index (χ2v) is 13.8. The van der Waals surface area contributed by atoms with Crippen molar-refractivity contribution in [2.24, 2.45) is 0 Å². The molecule has 268 valence electrons. The molecule has 1 heteroatoms. The fourth-order valence-corrected chi connectivity index (χ4v) is 7.69. The topological polar surface area (TPSA) is 3.24 Å². The lowest BCUT2D eigenvalue weighted by atomic mass is 9.88. The monoisotopic (exact) mass is 733 g/mol. The van der Waals surface area contributed by atoms with E-state index < -0.39 is 24.2 Å². The molecule has 0 heterocycles. The normalized spacial score (nSPS) is 13.1. The number of hydrogen-bond donors (Lipinski definition) is 0. The van der Waals surface area contributed by atoms with Crippen molar-refractivity contribution in [2.75, 3.05) is 4.90 Å². The molecule has 0 radical (unpaired) electrons. The van der Waals surface area contributed by atoms with E-state index in [9.17, 15) is 11.0 Å². The van der Waals surface area contributed by atoms with Gasteiger partial charge in [-0.3, -0.25) is 0 Å². The van der Waals surface area contributed by atoms with Crippen molar-refractivity contribution in [3.8, 4) is 55.6 Å². The maximum atomic E-state index is 9.79. The highest BCUT2D eigenvalue weighted by Crippen LogP contribution is 2.46. The number of hydrogen-bond acceptors (Lipinski definition) is 1. The molecule has 0 atom stereocenters. The molecule has 0 aliphatic rings. The zero-order chi connectivity index (χ0) is 44.9. The minimum Gasteiger partial charge on any atom is -0.310 e. The average molecular weight is 734 g/mol. The van der Waals surface area contributed by atoms with Crippen molar-refractivity contribution in [3.63, 3.8) is 0 Å². The first-order valence-corrected chi connectivity index (χ1v) is 19.0. The van der Waals surface area contributed by atoms with Crippen molar-refractivity contribution in [2.45, 2.75) is 0 Å². The first-order chi connectivity index (χ1) is 31.6. The molecule has 0 N–H and O–H groups in total. The van der Waals surface area contributed by atoms with Crippen LogP contribution in [0.3, 0.4) is 0 Å². The molecular formula is C56H39N. The van der Waals surface area contributed by atoms with E-state index in [0.29, 0.717) is 22.4 Å². The van der Waals surface area contributed by atoms with Crippen LogP contribution >= 0.6 is 0 Å². The maximum Gasteiger partial charge on any atom is 0.0645 e. The van der Waals surface area contributed by atoms with Gasteiger partial charge in [0.25, 0.3) is 0 Å². The Morgan fingerprint density at radius 3 is 1.49 bits per heavy atom. The zero-order valence-corrected chi connectivity index (χ0v) is 30.8. The maximum absolute atomic E-state index is 9.79. The average Bonchev–Trinajstić information content (AvgIpc) is 3.35. The predicted molar refractivity (Wildman–Crippen MR) is 243 cm³/mol. The van der Waals surface area contributed by atoms with Gasteiger partial charge in [0.2, 0.25) is 0 Å². The summed E-state index contributed by atoms with van der Waals surface area (Å²) in [5.41, 5.74) is 6.41. The molecule has 0 bridgehead atoms. The first kappa shape index (κ1) is 26.3. The van der Waals surface area contributed by atoms with E-state index in [0.717, 1.165) is 49.4 Å². The summed E-state index contributed by atoms with van der Waals surface area (Å²) in [4.78, 5) is 1.41. The molecule has 10 aromatic carbocycles. The van der Waals surface area contributed by atoms with E-state index in [1.165, 1.54) is 4.90 Å². The summed E-state index contributed by atoms with van der Waals surface area (Å²) in [5, 5.41) is 3.49. The Hall–Kier alpha value is -7.48. The van der Waals surface area contributed by atoms with Gasteiger partial charge in [-0.1, -0.05) is 200 Å². The Bertz CT molecular complexity index is 3430. The Labute approximate surface area is 345 Å². The molecule has 0 spiro atoms. The van der Waals surface area contributed by atoms with Crippen LogP contribution in [0, 0.1) is 0 Å². The van der Waals surface area contributed by atoms with Crippen LogP contribution < -0.4 is 4.90 Å². The van der Waals surface area contributed by atoms with Crippen molar-refractivity contribution in [1.29, 1.82) is 0 Å². The van der Waals surface area contributed by atoms with Gasteiger partial charge >= 0.3 is 0 Å². The summed E-state index contributed by atoms with van der Waals surface area (Å²) in [6.45, 7) is 0. The third-order valence-electron chi connectivity index (χ3n) is 10.4. The highest BCUT2D eigenvalue weighted by atomic mass is 15.1. The first-order valence-electron chi connectivity index (χ1n) is 23.0. The lowest BCUT2D eigenvalue weighted by Crippen LogP contribution is -2.11. The molecule has 10 aromatic rings. The molecule has 0 saturated carbocycles. The number of nitrogens with zero attached hydrogens (tertiary/aromatic N) is 1. The van der Waals surface area contributed by atoms with Gasteiger partial charge in [0.15, 0.2) is 0 Å². The quantitative estimate of drug-likeness (QED) is 0.150. The van der Waals surface area contributed by atoms with Gasteiger partial charge in [-0.25, -0.2) is 0 Å². The standard InChI is InChI=1S/C56H39N/c1-2-16-42(17-3-1)51-22-8-9-23-52(51)53-24-10-11-25-54(53)55-26-12-13-28-56(55)57(47-35-31-41(32-36-47)46-30-29-40-15-4-5-19-45(40)39-46)48-37-33-44(34-38-48)50-27-14-20-43-18-6-7-21-49(43)50/h1-39H/i31D,32D,33D,34D,35D,36D,37D,38D. The summed E-state index contributed by atoms with van der Waals surface area (Å²) in [7, 11) is 0. The third-order valence-corrected chi connectivity index (χ3v) is 10.4. The number of fused-ring (bicyclic) bond motifs is 2. The minimum atomic E-state index is -0.401. The number of anilines is 3. The summed E-state index contributed by atoms with van der Waals surface area (Å²) in [6.07, 6.45) is 0. The fraction of sp³-hybridized carbons (Fsp3) is 0. The molecule has 10 rings (SSSR count). The minimum absolute atomic E-state index is 0.108. The lowest BCUT2D eigenvalue weighted by molar-refractivity contribution is 1.28. The molecule has 0 fully saturated rings. The Kier molecular flexibility index (Phi) is 6.92. The lowest BCUT2D eigenvalue weighted by Gasteiger charge is -2.29. The van der Waals surface area contributed by atoms with Crippen LogP contribution in [-0.4, -0.2) is 0 Å². The van der Waals surface area contributed by atoms with E-state index in [-0.39, 0.29) is 46.7 Å². The summed E-state index contributed by atoms with van der Waals surface area (Å²) < 4.78 is 77.4. The number of rotatable bonds is 8. The summed E-state index contributed by atoms with van der Waals surface area (Å²) in [5.74, 6) is 0. The van der Waals surface area contributed by atoms with E-state index in [4.69, 9.17) is 0 Å². The fourth-order valence-electron chi connectivity index (χ4n) is 7.69. The zero-order valence-electron chi connectivity index (χ0n) is 38.8. The van der Waals surface area contributed by atoms with Gasteiger partial charge in [0.1, 0.15) is 0 Å². The molecule has 0 aliphatic carbocycles. The van der Waals surface area contributed by atoms with E-state index in [2.05, 4.69) is 24.3 Å². The van der Waals surface area contributed by atoms with Gasteiger partial charge in [-0.2, -0.15) is 0 Å². The van der Waals surface area contributed by atoms with Crippen LogP contribution in [0.1, 0.15) is 11.0 Å². The third kappa shape index (κ3) is 6.56. The summed E-state index contributed by atoms with van der Waals surface area (Å²) >= 11 is 0.